The molecule has 22 nitrogen and oxygen atoms in total. The molecule has 0 aromatic carbocycles. The van der Waals surface area contributed by atoms with Crippen molar-refractivity contribution in [2.24, 2.45) is 23.7 Å². The summed E-state index contributed by atoms with van der Waals surface area (Å²) in [5, 5.41) is 33.6. The molecule has 0 unspecified atom stereocenters. The summed E-state index contributed by atoms with van der Waals surface area (Å²) in [5.74, 6) is -5.56. The van der Waals surface area contributed by atoms with Crippen LogP contribution in [0.25, 0.3) is 0 Å². The average Bonchev–Trinajstić information content (AvgIpc) is 3.78. The van der Waals surface area contributed by atoms with Gasteiger partial charge in [-0.25, -0.2) is 0 Å². The average molecular weight is 1050 g/mol. The summed E-state index contributed by atoms with van der Waals surface area (Å²) < 4.78 is 0. The van der Waals surface area contributed by atoms with Crippen molar-refractivity contribution in [3.63, 3.8) is 0 Å². The third-order valence-electron chi connectivity index (χ3n) is 12.2. The van der Waals surface area contributed by atoms with Gasteiger partial charge in [0.1, 0.15) is 40.8 Å². The number of carbonyl (C=O) groups excluding carboxylic acids is 10. The van der Waals surface area contributed by atoms with E-state index in [0.29, 0.717) is 51.9 Å². The van der Waals surface area contributed by atoms with Crippen molar-refractivity contribution in [2.45, 2.75) is 196 Å². The lowest BCUT2D eigenvalue weighted by Crippen LogP contribution is -2.65. The molecular weight excluding hydrogens is 955 g/mol. The monoisotopic (exact) mass is 1050 g/mol. The lowest BCUT2D eigenvalue weighted by atomic mass is 9.96. The zero-order valence-electron chi connectivity index (χ0n) is 47.4. The van der Waals surface area contributed by atoms with Crippen molar-refractivity contribution in [3.05, 3.63) is 0 Å². The van der Waals surface area contributed by atoms with Crippen LogP contribution < -0.4 is 47.9 Å². The maximum absolute atomic E-state index is 14.3. The van der Waals surface area contributed by atoms with Crippen molar-refractivity contribution < 1.29 is 53.1 Å². The van der Waals surface area contributed by atoms with E-state index in [-0.39, 0.29) is 80.9 Å². The molecule has 1 aliphatic rings. The van der Waals surface area contributed by atoms with Gasteiger partial charge in [0, 0.05) is 52.1 Å². The fourth-order valence-corrected chi connectivity index (χ4v) is 8.21. The number of aliphatic hydroxyl groups is 1. The Hall–Kier alpha value is -5.38. The molecule has 1 rings (SSSR count). The van der Waals surface area contributed by atoms with Crippen molar-refractivity contribution in [2.75, 3.05) is 52.4 Å². The third-order valence-corrected chi connectivity index (χ3v) is 12.2. The van der Waals surface area contributed by atoms with Gasteiger partial charge in [-0.2, -0.15) is 0 Å². The van der Waals surface area contributed by atoms with Gasteiger partial charge in [0.25, 0.3) is 0 Å². The third kappa shape index (κ3) is 23.4. The molecule has 0 aromatic heterocycles. The Bertz CT molecular complexity index is 1900. The predicted octanol–water partition coefficient (Wildman–Crippen LogP) is 0.744. The Labute approximate surface area is 440 Å². The topological polar surface area (TPSA) is 306 Å². The molecule has 0 bridgehead atoms. The molecule has 0 saturated carbocycles. The zero-order chi connectivity index (χ0) is 56.7. The van der Waals surface area contributed by atoms with Gasteiger partial charge in [0.05, 0.1) is 13.2 Å². The number of hydrogen-bond acceptors (Lipinski definition) is 12. The molecule has 10 amide bonds. The number of nitrogens with zero attached hydrogens (tertiary/aromatic N) is 2. The molecule has 74 heavy (non-hydrogen) atoms. The Balaban J connectivity index is 3.13. The van der Waals surface area contributed by atoms with Crippen molar-refractivity contribution in [3.8, 4) is 0 Å². The Morgan fingerprint density at radius 3 is 1.70 bits per heavy atom. The van der Waals surface area contributed by atoms with E-state index in [1.54, 1.807) is 4.90 Å². The number of likely N-dealkylation sites (tertiary alicyclic amines) is 1. The molecule has 10 N–H and O–H groups in total. The quantitative estimate of drug-likeness (QED) is 0.0408. The summed E-state index contributed by atoms with van der Waals surface area (Å²) in [5.41, 5.74) is -4.77. The highest BCUT2D eigenvalue weighted by Gasteiger charge is 2.42. The minimum Gasteiger partial charge on any atom is -0.395 e. The van der Waals surface area contributed by atoms with E-state index in [9.17, 15) is 47.9 Å². The van der Waals surface area contributed by atoms with Crippen LogP contribution in [0.15, 0.2) is 0 Å². The van der Waals surface area contributed by atoms with Gasteiger partial charge < -0.3 is 62.8 Å². The molecule has 0 aliphatic carbocycles. The smallest absolute Gasteiger partial charge is 0.246 e. The van der Waals surface area contributed by atoms with Crippen LogP contribution in [0.4, 0.5) is 0 Å². The van der Waals surface area contributed by atoms with Crippen LogP contribution in [0.3, 0.4) is 0 Å². The summed E-state index contributed by atoms with van der Waals surface area (Å²) >= 11 is 0. The van der Waals surface area contributed by atoms with Crippen LogP contribution in [0, 0.1) is 23.7 Å². The molecule has 22 heteroatoms. The summed E-state index contributed by atoms with van der Waals surface area (Å²) in [7, 11) is 0. The molecular formula is C52H95N11O11. The molecule has 0 aromatic rings. The minimum absolute atomic E-state index is 0.00477. The minimum atomic E-state index is -1.62. The van der Waals surface area contributed by atoms with Gasteiger partial charge in [-0.3, -0.25) is 47.9 Å². The second kappa shape index (κ2) is 31.5. The van der Waals surface area contributed by atoms with Gasteiger partial charge in [0.15, 0.2) is 0 Å². The van der Waals surface area contributed by atoms with E-state index in [0.717, 1.165) is 0 Å². The van der Waals surface area contributed by atoms with Crippen LogP contribution in [0.5, 0.6) is 0 Å². The van der Waals surface area contributed by atoms with E-state index < -0.39 is 94.6 Å². The highest BCUT2D eigenvalue weighted by atomic mass is 16.3. The number of aliphatic hydroxyl groups excluding tert-OH is 1. The Kier molecular flexibility index (Phi) is 28.4. The number of carbonyl (C=O) groups is 10. The normalized spacial score (nSPS) is 15.2. The highest BCUT2D eigenvalue weighted by molar-refractivity contribution is 6.00. The van der Waals surface area contributed by atoms with E-state index in [1.807, 2.05) is 62.3 Å². The molecule has 1 fully saturated rings. The van der Waals surface area contributed by atoms with Gasteiger partial charge >= 0.3 is 0 Å². The van der Waals surface area contributed by atoms with Crippen LogP contribution >= 0.6 is 0 Å². The first-order valence-electron chi connectivity index (χ1n) is 26.6. The lowest BCUT2D eigenvalue weighted by Gasteiger charge is -2.36. The predicted molar refractivity (Wildman–Crippen MR) is 282 cm³/mol. The van der Waals surface area contributed by atoms with E-state index in [2.05, 4.69) is 47.9 Å². The maximum atomic E-state index is 14.3. The maximum Gasteiger partial charge on any atom is 0.246 e. The molecule has 1 heterocycles. The molecule has 4 atom stereocenters. The van der Waals surface area contributed by atoms with Crippen LogP contribution in [-0.2, 0) is 47.9 Å². The molecule has 0 spiro atoms. The number of hydrogen-bond donors (Lipinski definition) is 10. The number of nitrogens with one attached hydrogen (secondary N) is 9. The lowest BCUT2D eigenvalue weighted by molar-refractivity contribution is -0.144. The van der Waals surface area contributed by atoms with Crippen LogP contribution in [0.2, 0.25) is 0 Å². The first kappa shape index (κ1) is 66.6. The molecule has 424 valence electrons. The van der Waals surface area contributed by atoms with Gasteiger partial charge in [-0.1, -0.05) is 62.3 Å². The summed E-state index contributed by atoms with van der Waals surface area (Å²) in [6, 6.07) is -3.79. The van der Waals surface area contributed by atoms with Gasteiger partial charge in [-0.05, 0) is 104 Å². The first-order valence-corrected chi connectivity index (χ1v) is 26.6. The summed E-state index contributed by atoms with van der Waals surface area (Å²) in [4.78, 5) is 138. The van der Waals surface area contributed by atoms with Crippen LogP contribution in [-0.4, -0.2) is 167 Å². The van der Waals surface area contributed by atoms with Gasteiger partial charge in [0.2, 0.25) is 59.1 Å². The fraction of sp³-hybridized carbons (Fsp3) is 0.808. The number of amides is 10. The van der Waals surface area contributed by atoms with E-state index in [4.69, 9.17) is 5.11 Å². The second-order valence-corrected chi connectivity index (χ2v) is 22.8. The zero-order valence-corrected chi connectivity index (χ0v) is 47.4. The standard InChI is InChI=1S/C52H95N11O11/c1-16-18-41(66)62-25-17-19-38(62)45(70)57-37(28-33(4)5)44(69)59-52(14,15)49(74)61-50(10,11)47(72)56-30-42(67)63(31-35(8)9)39(29-34(6)7)46(71)60-51(12,13)48(73)58-36(27-32(2)3)43(68)55-21-20-40(65)54-23-22-53-24-26-64/h32-39,53,64H,16-31H2,1-15H3,(H,54,65)(H,55,68)(H,56,72)(H,57,70)(H,58,73)(H,59,69)(H,60,71)(H,61,74)/t36-,37-,38-,39-/m0/s1. The van der Waals surface area contributed by atoms with Crippen molar-refractivity contribution in [1.82, 2.24) is 57.7 Å². The molecule has 1 saturated heterocycles. The highest BCUT2D eigenvalue weighted by Crippen LogP contribution is 2.21. The van der Waals surface area contributed by atoms with E-state index in [1.165, 1.54) is 46.4 Å². The molecule has 1 aliphatic heterocycles. The van der Waals surface area contributed by atoms with E-state index >= 15 is 0 Å². The molecule has 0 radical (unpaired) electrons. The fourth-order valence-electron chi connectivity index (χ4n) is 8.21. The summed E-state index contributed by atoms with van der Waals surface area (Å²) in [6.45, 7) is 26.9. The van der Waals surface area contributed by atoms with Gasteiger partial charge in [-0.15, -0.1) is 0 Å². The largest absolute Gasteiger partial charge is 0.395 e. The SMILES string of the molecule is CCCC(=O)N1CCC[C@H]1C(=O)N[C@@H](CC(C)C)C(=O)NC(C)(C)C(=O)NC(C)(C)C(=O)NCC(=O)N(CC(C)C)[C@@H](CC(C)C)C(=O)NC(C)(C)C(=O)N[C@@H](CC(C)C)C(=O)NCCC(=O)NCCNCCO. The Morgan fingerprint density at radius 1 is 0.595 bits per heavy atom. The number of rotatable bonds is 33. The summed E-state index contributed by atoms with van der Waals surface area (Å²) in [6.07, 6.45) is 2.81. The Morgan fingerprint density at radius 2 is 1.15 bits per heavy atom. The second-order valence-electron chi connectivity index (χ2n) is 22.8. The van der Waals surface area contributed by atoms with Crippen molar-refractivity contribution in [1.29, 1.82) is 0 Å². The van der Waals surface area contributed by atoms with Crippen LogP contribution in [0.1, 0.15) is 155 Å². The van der Waals surface area contributed by atoms with Crippen molar-refractivity contribution >= 4 is 59.1 Å². The first-order chi connectivity index (χ1) is 34.3.